The molecule has 1 amide bonds. The van der Waals surface area contributed by atoms with Crippen LogP contribution in [0.2, 0.25) is 5.02 Å². The third-order valence-electron chi connectivity index (χ3n) is 3.73. The topological polar surface area (TPSA) is 72.2 Å². The fourth-order valence-electron chi connectivity index (χ4n) is 2.04. The van der Waals surface area contributed by atoms with Gasteiger partial charge in [-0.2, -0.15) is 0 Å². The predicted molar refractivity (Wildman–Crippen MR) is 72.4 cm³/mol. The Bertz CT molecular complexity index is 527. The van der Waals surface area contributed by atoms with Crippen molar-refractivity contribution in [1.29, 1.82) is 0 Å². The number of benzene rings is 1. The zero-order valence-corrected chi connectivity index (χ0v) is 11.4. The third-order valence-corrected chi connectivity index (χ3v) is 3.97. The van der Waals surface area contributed by atoms with Gasteiger partial charge in [0.05, 0.1) is 4.92 Å². The highest BCUT2D eigenvalue weighted by Gasteiger charge is 2.40. The number of carbonyl (C=O) groups excluding carboxylic acids is 1. The number of carbonyl (C=O) groups is 1. The lowest BCUT2D eigenvalue weighted by atomic mass is 10.0. The quantitative estimate of drug-likeness (QED) is 0.666. The number of amides is 1. The van der Waals surface area contributed by atoms with Crippen LogP contribution in [0.5, 0.6) is 0 Å². The molecule has 1 aliphatic rings. The Labute approximate surface area is 116 Å². The van der Waals surface area contributed by atoms with Gasteiger partial charge in [-0.1, -0.05) is 18.5 Å². The number of halogens is 1. The zero-order valence-electron chi connectivity index (χ0n) is 10.6. The summed E-state index contributed by atoms with van der Waals surface area (Å²) in [5.41, 5.74) is -0.00382. The monoisotopic (exact) mass is 282 g/mol. The Balaban J connectivity index is 2.14. The van der Waals surface area contributed by atoms with Crippen LogP contribution >= 0.6 is 11.6 Å². The molecule has 0 aliphatic heterocycles. The number of nitro groups is 1. The molecule has 1 fully saturated rings. The maximum absolute atomic E-state index is 12.0. The highest BCUT2D eigenvalue weighted by molar-refractivity contribution is 6.31. The lowest BCUT2D eigenvalue weighted by Crippen LogP contribution is -2.30. The van der Waals surface area contributed by atoms with Gasteiger partial charge in [0.25, 0.3) is 11.6 Å². The molecule has 0 saturated heterocycles. The Hall–Kier alpha value is -1.62. The van der Waals surface area contributed by atoms with Crippen LogP contribution in [0.25, 0.3) is 0 Å². The SMILES string of the molecule is CCC1(CNC(=O)c2cc(Cl)ccc2[N+](=O)[O-])CC1. The lowest BCUT2D eigenvalue weighted by molar-refractivity contribution is -0.385. The number of nitro benzene ring substituents is 1. The van der Waals surface area contributed by atoms with Crippen molar-refractivity contribution >= 4 is 23.2 Å². The first-order chi connectivity index (χ1) is 8.97. The molecule has 0 heterocycles. The van der Waals surface area contributed by atoms with E-state index in [1.807, 2.05) is 0 Å². The van der Waals surface area contributed by atoms with Gasteiger partial charge in [-0.25, -0.2) is 0 Å². The van der Waals surface area contributed by atoms with Gasteiger partial charge in [-0.3, -0.25) is 14.9 Å². The molecule has 1 N–H and O–H groups in total. The maximum Gasteiger partial charge on any atom is 0.282 e. The predicted octanol–water partition coefficient (Wildman–Crippen LogP) is 3.17. The Morgan fingerprint density at radius 1 is 1.53 bits per heavy atom. The van der Waals surface area contributed by atoms with Crippen molar-refractivity contribution in [1.82, 2.24) is 5.32 Å². The van der Waals surface area contributed by atoms with E-state index in [4.69, 9.17) is 11.6 Å². The van der Waals surface area contributed by atoms with Gasteiger partial charge in [0.15, 0.2) is 0 Å². The summed E-state index contributed by atoms with van der Waals surface area (Å²) in [6.07, 6.45) is 3.20. The Kier molecular flexibility index (Phi) is 3.75. The molecule has 1 aliphatic carbocycles. The molecule has 0 atom stereocenters. The highest BCUT2D eigenvalue weighted by Crippen LogP contribution is 2.47. The second-order valence-electron chi connectivity index (χ2n) is 4.95. The fraction of sp³-hybridized carbons (Fsp3) is 0.462. The van der Waals surface area contributed by atoms with Gasteiger partial charge in [-0.05, 0) is 36.8 Å². The molecule has 0 bridgehead atoms. The maximum atomic E-state index is 12.0. The van der Waals surface area contributed by atoms with Crippen LogP contribution in [-0.4, -0.2) is 17.4 Å². The van der Waals surface area contributed by atoms with Gasteiger partial charge < -0.3 is 5.32 Å². The van der Waals surface area contributed by atoms with Crippen molar-refractivity contribution in [3.8, 4) is 0 Å². The summed E-state index contributed by atoms with van der Waals surface area (Å²) in [6, 6.07) is 4.00. The van der Waals surface area contributed by atoms with E-state index in [1.165, 1.54) is 18.2 Å². The van der Waals surface area contributed by atoms with Crippen LogP contribution in [0.3, 0.4) is 0 Å². The van der Waals surface area contributed by atoms with Crippen LogP contribution in [0.1, 0.15) is 36.5 Å². The van der Waals surface area contributed by atoms with Crippen molar-refractivity contribution in [2.45, 2.75) is 26.2 Å². The van der Waals surface area contributed by atoms with Gasteiger partial charge in [0, 0.05) is 17.6 Å². The molecule has 1 aromatic rings. The number of hydrogen-bond acceptors (Lipinski definition) is 3. The molecule has 0 radical (unpaired) electrons. The third kappa shape index (κ3) is 3.04. The van der Waals surface area contributed by atoms with Crippen molar-refractivity contribution in [3.05, 3.63) is 38.9 Å². The molecular formula is C13H15ClN2O3. The minimum atomic E-state index is -0.571. The summed E-state index contributed by atoms with van der Waals surface area (Å²) in [5, 5.41) is 14.0. The Morgan fingerprint density at radius 3 is 2.74 bits per heavy atom. The van der Waals surface area contributed by atoms with E-state index in [1.54, 1.807) is 0 Å². The molecule has 0 spiro atoms. The molecule has 19 heavy (non-hydrogen) atoms. The average Bonchev–Trinajstić information content (AvgIpc) is 3.16. The normalized spacial score (nSPS) is 15.9. The standard InChI is InChI=1S/C13H15ClN2O3/c1-2-13(5-6-13)8-15-12(17)10-7-9(14)3-4-11(10)16(18)19/h3-4,7H,2,5-6,8H2,1H3,(H,15,17). The Morgan fingerprint density at radius 2 is 2.21 bits per heavy atom. The highest BCUT2D eigenvalue weighted by atomic mass is 35.5. The summed E-state index contributed by atoms with van der Waals surface area (Å²) in [5.74, 6) is -0.436. The van der Waals surface area contributed by atoms with Gasteiger partial charge in [0.1, 0.15) is 5.56 Å². The summed E-state index contributed by atoms with van der Waals surface area (Å²) < 4.78 is 0. The minimum absolute atomic E-state index is 0.0180. The first kappa shape index (κ1) is 13.8. The average molecular weight is 283 g/mol. The summed E-state index contributed by atoms with van der Waals surface area (Å²) in [4.78, 5) is 22.4. The van der Waals surface area contributed by atoms with Crippen LogP contribution in [-0.2, 0) is 0 Å². The van der Waals surface area contributed by atoms with Crippen molar-refractivity contribution in [2.75, 3.05) is 6.54 Å². The molecule has 1 saturated carbocycles. The minimum Gasteiger partial charge on any atom is -0.351 e. The molecule has 0 aromatic heterocycles. The molecule has 1 aromatic carbocycles. The van der Waals surface area contributed by atoms with Crippen LogP contribution < -0.4 is 5.32 Å². The molecule has 2 rings (SSSR count). The molecular weight excluding hydrogens is 268 g/mol. The first-order valence-corrected chi connectivity index (χ1v) is 6.57. The van der Waals surface area contributed by atoms with E-state index in [2.05, 4.69) is 12.2 Å². The van der Waals surface area contributed by atoms with E-state index in [0.717, 1.165) is 19.3 Å². The summed E-state index contributed by atoms with van der Waals surface area (Å²) in [7, 11) is 0. The van der Waals surface area contributed by atoms with E-state index in [9.17, 15) is 14.9 Å². The molecule has 0 unspecified atom stereocenters. The van der Waals surface area contributed by atoms with Gasteiger partial charge >= 0.3 is 0 Å². The zero-order chi connectivity index (χ0) is 14.0. The summed E-state index contributed by atoms with van der Waals surface area (Å²) in [6.45, 7) is 2.65. The van der Waals surface area contributed by atoms with E-state index in [-0.39, 0.29) is 16.7 Å². The van der Waals surface area contributed by atoms with E-state index in [0.29, 0.717) is 11.6 Å². The van der Waals surface area contributed by atoms with E-state index >= 15 is 0 Å². The van der Waals surface area contributed by atoms with Gasteiger partial charge in [-0.15, -0.1) is 0 Å². The number of rotatable bonds is 5. The number of nitrogens with zero attached hydrogens (tertiary/aromatic N) is 1. The lowest BCUT2D eigenvalue weighted by Gasteiger charge is -2.13. The fourth-order valence-corrected chi connectivity index (χ4v) is 2.22. The second kappa shape index (κ2) is 5.17. The van der Waals surface area contributed by atoms with Crippen molar-refractivity contribution in [3.63, 3.8) is 0 Å². The van der Waals surface area contributed by atoms with Crippen molar-refractivity contribution < 1.29 is 9.72 Å². The van der Waals surface area contributed by atoms with Gasteiger partial charge in [0.2, 0.25) is 0 Å². The molecule has 102 valence electrons. The smallest absolute Gasteiger partial charge is 0.282 e. The van der Waals surface area contributed by atoms with Crippen LogP contribution in [0, 0.1) is 15.5 Å². The molecule has 5 nitrogen and oxygen atoms in total. The number of nitrogens with one attached hydrogen (secondary N) is 1. The second-order valence-corrected chi connectivity index (χ2v) is 5.39. The van der Waals surface area contributed by atoms with Crippen molar-refractivity contribution in [2.24, 2.45) is 5.41 Å². The summed E-state index contributed by atoms with van der Waals surface area (Å²) >= 11 is 5.79. The molecule has 6 heteroatoms. The largest absolute Gasteiger partial charge is 0.351 e. The first-order valence-electron chi connectivity index (χ1n) is 6.19. The van der Waals surface area contributed by atoms with E-state index < -0.39 is 10.8 Å². The van der Waals surface area contributed by atoms with Crippen LogP contribution in [0.4, 0.5) is 5.69 Å². The van der Waals surface area contributed by atoms with Crippen LogP contribution in [0.15, 0.2) is 18.2 Å². The number of hydrogen-bond donors (Lipinski definition) is 1.